The topological polar surface area (TPSA) is 43.1 Å². The number of Topliss-reactive ketones (excluding diaryl/α,β-unsaturated/α-hetero) is 1. The molecule has 0 aliphatic rings. The zero-order valence-electron chi connectivity index (χ0n) is 10.9. The Bertz CT molecular complexity index is 628. The summed E-state index contributed by atoms with van der Waals surface area (Å²) in [6, 6.07) is 12.3. The first-order valence-corrected chi connectivity index (χ1v) is 7.12. The minimum absolute atomic E-state index is 0.0391. The molecule has 0 aliphatic heterocycles. The summed E-state index contributed by atoms with van der Waals surface area (Å²) in [5, 5.41) is 0. The van der Waals surface area contributed by atoms with Crippen molar-refractivity contribution in [2.45, 2.75) is 19.4 Å². The van der Waals surface area contributed by atoms with Crippen LogP contribution >= 0.6 is 15.9 Å². The molecule has 0 aromatic heterocycles. The van der Waals surface area contributed by atoms with E-state index in [4.69, 9.17) is 5.73 Å². The fourth-order valence-electron chi connectivity index (χ4n) is 2.10. The van der Waals surface area contributed by atoms with Gasteiger partial charge in [0, 0.05) is 19.4 Å². The highest BCUT2D eigenvalue weighted by Gasteiger charge is 2.11. The molecule has 0 unspecified atom stereocenters. The van der Waals surface area contributed by atoms with Gasteiger partial charge in [0.05, 0.1) is 4.47 Å². The minimum Gasteiger partial charge on any atom is -0.326 e. The van der Waals surface area contributed by atoms with Crippen LogP contribution in [-0.4, -0.2) is 5.78 Å². The van der Waals surface area contributed by atoms with Gasteiger partial charge in [-0.2, -0.15) is 0 Å². The van der Waals surface area contributed by atoms with E-state index in [-0.39, 0.29) is 18.0 Å². The highest BCUT2D eigenvalue weighted by Crippen LogP contribution is 2.21. The van der Waals surface area contributed by atoms with Crippen molar-refractivity contribution in [2.24, 2.45) is 5.73 Å². The molecule has 2 nitrogen and oxygen atoms in total. The molecule has 2 rings (SSSR count). The third-order valence-electron chi connectivity index (χ3n) is 3.15. The summed E-state index contributed by atoms with van der Waals surface area (Å²) in [6.07, 6.45) is 0.521. The van der Waals surface area contributed by atoms with Crippen LogP contribution < -0.4 is 5.73 Å². The SMILES string of the molecule is NCc1ccccc1CC(=O)Cc1cccc(F)c1Br. The van der Waals surface area contributed by atoms with E-state index in [1.807, 2.05) is 24.3 Å². The van der Waals surface area contributed by atoms with E-state index in [1.165, 1.54) is 6.07 Å². The summed E-state index contributed by atoms with van der Waals surface area (Å²) >= 11 is 3.18. The molecule has 0 saturated heterocycles. The Labute approximate surface area is 125 Å². The lowest BCUT2D eigenvalue weighted by atomic mass is 9.99. The van der Waals surface area contributed by atoms with Crippen LogP contribution in [0.4, 0.5) is 4.39 Å². The molecule has 2 aromatic carbocycles. The van der Waals surface area contributed by atoms with Gasteiger partial charge in [-0.05, 0) is 38.7 Å². The van der Waals surface area contributed by atoms with Crippen LogP contribution in [0.15, 0.2) is 46.9 Å². The number of ketones is 1. The molecule has 0 atom stereocenters. The van der Waals surface area contributed by atoms with E-state index in [9.17, 15) is 9.18 Å². The molecule has 0 saturated carbocycles. The van der Waals surface area contributed by atoms with Crippen molar-refractivity contribution in [3.05, 3.63) is 69.4 Å². The van der Waals surface area contributed by atoms with Crippen LogP contribution in [0.5, 0.6) is 0 Å². The first kappa shape index (κ1) is 14.9. The Morgan fingerprint density at radius 1 is 1.00 bits per heavy atom. The molecular formula is C16H15BrFNO. The number of nitrogens with two attached hydrogens (primary N) is 1. The smallest absolute Gasteiger partial charge is 0.141 e. The van der Waals surface area contributed by atoms with Gasteiger partial charge in [0.25, 0.3) is 0 Å². The lowest BCUT2D eigenvalue weighted by Crippen LogP contribution is -2.10. The van der Waals surface area contributed by atoms with Crippen molar-refractivity contribution in [3.63, 3.8) is 0 Å². The standard InChI is InChI=1S/C16H15BrFNO/c17-16-12(6-3-7-15(16)18)9-14(20)8-11-4-1-2-5-13(11)10-19/h1-7H,8-10,19H2. The van der Waals surface area contributed by atoms with Crippen LogP contribution in [0, 0.1) is 5.82 Å². The van der Waals surface area contributed by atoms with Crippen molar-refractivity contribution in [1.29, 1.82) is 0 Å². The van der Waals surface area contributed by atoms with Crippen molar-refractivity contribution in [2.75, 3.05) is 0 Å². The fourth-order valence-corrected chi connectivity index (χ4v) is 2.51. The first-order chi connectivity index (χ1) is 9.61. The van der Waals surface area contributed by atoms with Crippen LogP contribution in [0.3, 0.4) is 0 Å². The van der Waals surface area contributed by atoms with Crippen molar-refractivity contribution < 1.29 is 9.18 Å². The molecule has 104 valence electrons. The molecule has 0 aliphatic carbocycles. The van der Waals surface area contributed by atoms with E-state index in [2.05, 4.69) is 15.9 Å². The zero-order chi connectivity index (χ0) is 14.5. The van der Waals surface area contributed by atoms with Crippen LogP contribution in [0.25, 0.3) is 0 Å². The molecule has 0 radical (unpaired) electrons. The second-order valence-corrected chi connectivity index (χ2v) is 5.37. The molecule has 2 aromatic rings. The molecule has 20 heavy (non-hydrogen) atoms. The van der Waals surface area contributed by atoms with Gasteiger partial charge in [-0.1, -0.05) is 36.4 Å². The maximum Gasteiger partial charge on any atom is 0.141 e. The van der Waals surface area contributed by atoms with Gasteiger partial charge in [-0.15, -0.1) is 0 Å². The Morgan fingerprint density at radius 3 is 2.30 bits per heavy atom. The Kier molecular flexibility index (Phi) is 5.04. The quantitative estimate of drug-likeness (QED) is 0.909. The predicted molar refractivity (Wildman–Crippen MR) is 80.8 cm³/mol. The second-order valence-electron chi connectivity index (χ2n) is 4.58. The van der Waals surface area contributed by atoms with Gasteiger partial charge < -0.3 is 5.73 Å². The third-order valence-corrected chi connectivity index (χ3v) is 4.03. The van der Waals surface area contributed by atoms with Crippen molar-refractivity contribution in [1.82, 2.24) is 0 Å². The molecule has 0 fully saturated rings. The van der Waals surface area contributed by atoms with Crippen molar-refractivity contribution in [3.8, 4) is 0 Å². The van der Waals surface area contributed by atoms with Gasteiger partial charge in [0.15, 0.2) is 0 Å². The monoisotopic (exact) mass is 335 g/mol. The minimum atomic E-state index is -0.349. The lowest BCUT2D eigenvalue weighted by molar-refractivity contribution is -0.117. The average Bonchev–Trinajstić information content (AvgIpc) is 2.44. The predicted octanol–water partition coefficient (Wildman–Crippen LogP) is 3.40. The summed E-state index contributed by atoms with van der Waals surface area (Å²) < 4.78 is 13.8. The van der Waals surface area contributed by atoms with Gasteiger partial charge in [0.2, 0.25) is 0 Å². The van der Waals surface area contributed by atoms with Crippen LogP contribution in [0.2, 0.25) is 0 Å². The summed E-state index contributed by atoms with van der Waals surface area (Å²) in [5.74, 6) is -0.310. The van der Waals surface area contributed by atoms with Gasteiger partial charge >= 0.3 is 0 Å². The Hall–Kier alpha value is -1.52. The lowest BCUT2D eigenvalue weighted by Gasteiger charge is -2.08. The van der Waals surface area contributed by atoms with E-state index >= 15 is 0 Å². The average molecular weight is 336 g/mol. The fraction of sp³-hybridized carbons (Fsp3) is 0.188. The number of benzene rings is 2. The van der Waals surface area contributed by atoms with Crippen molar-refractivity contribution >= 4 is 21.7 Å². The Morgan fingerprint density at radius 2 is 1.60 bits per heavy atom. The largest absolute Gasteiger partial charge is 0.326 e. The van der Waals surface area contributed by atoms with Gasteiger partial charge in [0.1, 0.15) is 11.6 Å². The maximum absolute atomic E-state index is 13.4. The van der Waals surface area contributed by atoms with Gasteiger partial charge in [-0.3, -0.25) is 4.79 Å². The van der Waals surface area contributed by atoms with E-state index in [0.29, 0.717) is 23.0 Å². The number of rotatable bonds is 5. The highest BCUT2D eigenvalue weighted by molar-refractivity contribution is 9.10. The first-order valence-electron chi connectivity index (χ1n) is 6.33. The number of halogens is 2. The van der Waals surface area contributed by atoms with E-state index in [0.717, 1.165) is 11.1 Å². The maximum atomic E-state index is 13.4. The zero-order valence-corrected chi connectivity index (χ0v) is 12.5. The number of carbonyl (C=O) groups excluding carboxylic acids is 1. The normalized spacial score (nSPS) is 10.6. The highest BCUT2D eigenvalue weighted by atomic mass is 79.9. The molecular weight excluding hydrogens is 321 g/mol. The molecule has 0 amide bonds. The molecule has 0 spiro atoms. The summed E-state index contributed by atoms with van der Waals surface area (Å²) in [5.41, 5.74) is 8.23. The molecule has 0 heterocycles. The summed E-state index contributed by atoms with van der Waals surface area (Å²) in [6.45, 7) is 0.410. The third kappa shape index (κ3) is 3.52. The van der Waals surface area contributed by atoms with E-state index < -0.39 is 0 Å². The summed E-state index contributed by atoms with van der Waals surface area (Å²) in [7, 11) is 0. The number of hydrogen-bond acceptors (Lipinski definition) is 2. The van der Waals surface area contributed by atoms with Crippen LogP contribution in [0.1, 0.15) is 16.7 Å². The molecule has 2 N–H and O–H groups in total. The molecule has 4 heteroatoms. The number of hydrogen-bond donors (Lipinski definition) is 1. The summed E-state index contributed by atoms with van der Waals surface area (Å²) in [4.78, 5) is 12.1. The van der Waals surface area contributed by atoms with Gasteiger partial charge in [-0.25, -0.2) is 4.39 Å². The number of carbonyl (C=O) groups is 1. The molecule has 0 bridgehead atoms. The van der Waals surface area contributed by atoms with Crippen LogP contribution in [-0.2, 0) is 24.2 Å². The second kappa shape index (κ2) is 6.77. The van der Waals surface area contributed by atoms with E-state index in [1.54, 1.807) is 12.1 Å². The Balaban J connectivity index is 2.11.